The van der Waals surface area contributed by atoms with Crippen molar-refractivity contribution in [2.75, 3.05) is 16.8 Å². The smallest absolute Gasteiger partial charge is 0.258 e. The van der Waals surface area contributed by atoms with Crippen LogP contribution in [0.15, 0.2) is 42.5 Å². The average Bonchev–Trinajstić information content (AvgIpc) is 2.55. The summed E-state index contributed by atoms with van der Waals surface area (Å²) in [5, 5.41) is 2.78. The van der Waals surface area contributed by atoms with E-state index in [1.54, 1.807) is 6.07 Å². The maximum Gasteiger partial charge on any atom is 0.258 e. The molecule has 0 bridgehead atoms. The Kier molecular flexibility index (Phi) is 4.15. The molecule has 0 atom stereocenters. The van der Waals surface area contributed by atoms with Gasteiger partial charge in [0.2, 0.25) is 5.91 Å². The van der Waals surface area contributed by atoms with Gasteiger partial charge in [-0.1, -0.05) is 24.3 Å². The predicted octanol–water partition coefficient (Wildman–Crippen LogP) is 3.55. The van der Waals surface area contributed by atoms with E-state index in [4.69, 9.17) is 0 Å². The van der Waals surface area contributed by atoms with Crippen LogP contribution in [0.2, 0.25) is 0 Å². The van der Waals surface area contributed by atoms with Crippen LogP contribution < -0.4 is 10.2 Å². The number of hydrogen-bond donors (Lipinski definition) is 1. The van der Waals surface area contributed by atoms with E-state index in [2.05, 4.69) is 11.4 Å². The molecule has 4 heteroatoms. The number of para-hydroxylation sites is 1. The van der Waals surface area contributed by atoms with Crippen molar-refractivity contribution in [1.29, 1.82) is 0 Å². The molecule has 3 rings (SSSR count). The van der Waals surface area contributed by atoms with E-state index in [1.165, 1.54) is 12.5 Å². The van der Waals surface area contributed by atoms with Crippen LogP contribution >= 0.6 is 0 Å². The second-order valence-corrected chi connectivity index (χ2v) is 5.90. The van der Waals surface area contributed by atoms with Crippen LogP contribution in [-0.4, -0.2) is 18.4 Å². The van der Waals surface area contributed by atoms with Crippen LogP contribution in [-0.2, 0) is 11.2 Å². The summed E-state index contributed by atoms with van der Waals surface area (Å²) in [6.45, 7) is 4.10. The zero-order chi connectivity index (χ0) is 16.4. The minimum atomic E-state index is -0.138. The van der Waals surface area contributed by atoms with Gasteiger partial charge in [0, 0.05) is 30.4 Å². The van der Waals surface area contributed by atoms with E-state index in [9.17, 15) is 9.59 Å². The Balaban J connectivity index is 1.94. The van der Waals surface area contributed by atoms with E-state index < -0.39 is 0 Å². The van der Waals surface area contributed by atoms with Gasteiger partial charge in [0.1, 0.15) is 0 Å². The molecule has 0 aromatic heterocycles. The molecule has 1 aliphatic heterocycles. The van der Waals surface area contributed by atoms with Crippen molar-refractivity contribution in [2.45, 2.75) is 26.7 Å². The van der Waals surface area contributed by atoms with Crippen LogP contribution in [0.4, 0.5) is 11.4 Å². The molecule has 1 aliphatic rings. The molecule has 0 unspecified atom stereocenters. The molecule has 4 nitrogen and oxygen atoms in total. The third-order valence-corrected chi connectivity index (χ3v) is 4.15. The first-order valence-electron chi connectivity index (χ1n) is 7.84. The Labute approximate surface area is 136 Å². The molecule has 118 valence electrons. The normalized spacial score (nSPS) is 13.4. The summed E-state index contributed by atoms with van der Waals surface area (Å²) in [7, 11) is 0. The molecule has 23 heavy (non-hydrogen) atoms. The molecule has 2 amide bonds. The van der Waals surface area contributed by atoms with Gasteiger partial charge in [0.05, 0.1) is 0 Å². The zero-order valence-electron chi connectivity index (χ0n) is 13.4. The molecule has 1 N–H and O–H groups in total. The number of fused-ring (bicyclic) bond motifs is 1. The molecule has 0 saturated heterocycles. The molecule has 0 aliphatic carbocycles. The highest BCUT2D eigenvalue weighted by Crippen LogP contribution is 2.29. The van der Waals surface area contributed by atoms with Crippen LogP contribution in [0.1, 0.15) is 34.8 Å². The standard InChI is InChI=1S/C19H20N2O2/c1-13-9-10-16(12-17(13)20-14(2)22)19(23)21-11-5-7-15-6-3-4-8-18(15)21/h3-4,6,8-10,12H,5,7,11H2,1-2H3,(H,20,22). The van der Waals surface area contributed by atoms with Crippen LogP contribution in [0.5, 0.6) is 0 Å². The number of carbonyl (C=O) groups is 2. The highest BCUT2D eigenvalue weighted by Gasteiger charge is 2.23. The lowest BCUT2D eigenvalue weighted by molar-refractivity contribution is -0.114. The Morgan fingerprint density at radius 2 is 1.91 bits per heavy atom. The summed E-state index contributed by atoms with van der Waals surface area (Å²) in [4.78, 5) is 26.1. The number of amides is 2. The summed E-state index contributed by atoms with van der Waals surface area (Å²) in [5.41, 5.74) is 4.42. The number of nitrogens with zero attached hydrogens (tertiary/aromatic N) is 1. The predicted molar refractivity (Wildman–Crippen MR) is 91.9 cm³/mol. The fourth-order valence-corrected chi connectivity index (χ4v) is 2.98. The van der Waals surface area contributed by atoms with Gasteiger partial charge in [0.25, 0.3) is 5.91 Å². The first-order valence-corrected chi connectivity index (χ1v) is 7.84. The second kappa shape index (κ2) is 6.24. The van der Waals surface area contributed by atoms with Crippen molar-refractivity contribution >= 4 is 23.2 Å². The van der Waals surface area contributed by atoms with Gasteiger partial charge in [-0.25, -0.2) is 0 Å². The Bertz CT molecular complexity index is 768. The number of benzene rings is 2. The molecule has 2 aromatic rings. The molecule has 1 heterocycles. The first-order chi connectivity index (χ1) is 11.1. The minimum Gasteiger partial charge on any atom is -0.326 e. The second-order valence-electron chi connectivity index (χ2n) is 5.90. The lowest BCUT2D eigenvalue weighted by Crippen LogP contribution is -2.35. The van der Waals surface area contributed by atoms with E-state index >= 15 is 0 Å². The molecule has 0 saturated carbocycles. The number of rotatable bonds is 2. The molecule has 0 radical (unpaired) electrons. The lowest BCUT2D eigenvalue weighted by atomic mass is 10.0. The third kappa shape index (κ3) is 3.11. The summed E-state index contributed by atoms with van der Waals surface area (Å²) >= 11 is 0. The lowest BCUT2D eigenvalue weighted by Gasteiger charge is -2.29. The Morgan fingerprint density at radius 1 is 1.13 bits per heavy atom. The molecule has 0 spiro atoms. The molecule has 0 fully saturated rings. The highest BCUT2D eigenvalue weighted by molar-refractivity contribution is 6.07. The van der Waals surface area contributed by atoms with E-state index in [1.807, 2.05) is 42.2 Å². The number of carbonyl (C=O) groups excluding carboxylic acids is 2. The fraction of sp³-hybridized carbons (Fsp3) is 0.263. The van der Waals surface area contributed by atoms with Crippen LogP contribution in [0, 0.1) is 6.92 Å². The summed E-state index contributed by atoms with van der Waals surface area (Å²) in [6.07, 6.45) is 1.97. The van der Waals surface area contributed by atoms with Crippen molar-refractivity contribution in [1.82, 2.24) is 0 Å². The summed E-state index contributed by atoms with van der Waals surface area (Å²) in [6, 6.07) is 13.5. The van der Waals surface area contributed by atoms with E-state index in [-0.39, 0.29) is 11.8 Å². The van der Waals surface area contributed by atoms with Crippen molar-refractivity contribution < 1.29 is 9.59 Å². The zero-order valence-corrected chi connectivity index (χ0v) is 13.4. The van der Waals surface area contributed by atoms with Gasteiger partial charge in [-0.3, -0.25) is 9.59 Å². The van der Waals surface area contributed by atoms with Gasteiger partial charge in [0.15, 0.2) is 0 Å². The van der Waals surface area contributed by atoms with Crippen molar-refractivity contribution in [2.24, 2.45) is 0 Å². The number of aryl methyl sites for hydroxylation is 2. The number of hydrogen-bond acceptors (Lipinski definition) is 2. The van der Waals surface area contributed by atoms with Gasteiger partial charge < -0.3 is 10.2 Å². The SMILES string of the molecule is CC(=O)Nc1cc(C(=O)N2CCCc3ccccc32)ccc1C. The Hall–Kier alpha value is -2.62. The molecular formula is C19H20N2O2. The Morgan fingerprint density at radius 3 is 2.70 bits per heavy atom. The highest BCUT2D eigenvalue weighted by atomic mass is 16.2. The van der Waals surface area contributed by atoms with Crippen molar-refractivity contribution in [3.05, 3.63) is 59.2 Å². The summed E-state index contributed by atoms with van der Waals surface area (Å²) < 4.78 is 0. The molecule has 2 aromatic carbocycles. The average molecular weight is 308 g/mol. The summed E-state index contributed by atoms with van der Waals surface area (Å²) in [5.74, 6) is -0.162. The number of anilines is 2. The van der Waals surface area contributed by atoms with Gasteiger partial charge in [-0.15, -0.1) is 0 Å². The van der Waals surface area contributed by atoms with Crippen molar-refractivity contribution in [3.8, 4) is 0 Å². The topological polar surface area (TPSA) is 49.4 Å². The van der Waals surface area contributed by atoms with Gasteiger partial charge in [-0.2, -0.15) is 0 Å². The van der Waals surface area contributed by atoms with E-state index in [0.29, 0.717) is 11.3 Å². The minimum absolute atomic E-state index is 0.0243. The van der Waals surface area contributed by atoms with Gasteiger partial charge >= 0.3 is 0 Å². The largest absolute Gasteiger partial charge is 0.326 e. The van der Waals surface area contributed by atoms with Gasteiger partial charge in [-0.05, 0) is 49.1 Å². The van der Waals surface area contributed by atoms with Crippen LogP contribution in [0.3, 0.4) is 0 Å². The quantitative estimate of drug-likeness (QED) is 0.922. The molecular weight excluding hydrogens is 288 g/mol. The number of nitrogens with one attached hydrogen (secondary N) is 1. The van der Waals surface area contributed by atoms with Crippen LogP contribution in [0.25, 0.3) is 0 Å². The maximum atomic E-state index is 12.9. The van der Waals surface area contributed by atoms with E-state index in [0.717, 1.165) is 30.6 Å². The third-order valence-electron chi connectivity index (χ3n) is 4.15. The first kappa shape index (κ1) is 15.3. The maximum absolute atomic E-state index is 12.9. The monoisotopic (exact) mass is 308 g/mol. The van der Waals surface area contributed by atoms with Crippen molar-refractivity contribution in [3.63, 3.8) is 0 Å². The fourth-order valence-electron chi connectivity index (χ4n) is 2.98.